The van der Waals surface area contributed by atoms with Crippen LogP contribution >= 0.6 is 0 Å². The summed E-state index contributed by atoms with van der Waals surface area (Å²) in [6.07, 6.45) is 1.02. The van der Waals surface area contributed by atoms with Gasteiger partial charge in [-0.25, -0.2) is 0 Å². The van der Waals surface area contributed by atoms with Crippen molar-refractivity contribution in [1.82, 2.24) is 0 Å². The molecule has 0 aromatic heterocycles. The van der Waals surface area contributed by atoms with E-state index >= 15 is 0 Å². The molecular weight excluding hydrogens is 192 g/mol. The minimum absolute atomic E-state index is 0.00656. The number of benzene rings is 1. The van der Waals surface area contributed by atoms with Crippen molar-refractivity contribution in [3.8, 4) is 5.75 Å². The third-order valence-corrected chi connectivity index (χ3v) is 2.22. The van der Waals surface area contributed by atoms with Crippen molar-refractivity contribution in [3.63, 3.8) is 0 Å². The lowest BCUT2D eigenvalue weighted by Crippen LogP contribution is -2.12. The lowest BCUT2D eigenvalue weighted by Gasteiger charge is -2.15. The number of hydrogen-bond acceptors (Lipinski definition) is 2. The van der Waals surface area contributed by atoms with Crippen LogP contribution in [0.5, 0.6) is 5.75 Å². The second-order valence-corrected chi connectivity index (χ2v) is 3.51. The van der Waals surface area contributed by atoms with E-state index < -0.39 is 5.97 Å². The Labute approximate surface area is 89.7 Å². The van der Waals surface area contributed by atoms with E-state index in [0.29, 0.717) is 5.75 Å². The van der Waals surface area contributed by atoms with E-state index in [1.807, 2.05) is 32.0 Å². The highest BCUT2D eigenvalue weighted by Gasteiger charge is 2.09. The van der Waals surface area contributed by atoms with Crippen molar-refractivity contribution in [2.45, 2.75) is 32.8 Å². The number of para-hydroxylation sites is 1. The molecule has 3 nitrogen and oxygen atoms in total. The number of carboxylic acids is 1. The van der Waals surface area contributed by atoms with Gasteiger partial charge in [-0.3, -0.25) is 4.79 Å². The van der Waals surface area contributed by atoms with Crippen LogP contribution in [0.2, 0.25) is 0 Å². The van der Waals surface area contributed by atoms with Crippen LogP contribution in [0.3, 0.4) is 0 Å². The largest absolute Gasteiger partial charge is 0.490 e. The molecule has 3 heteroatoms. The average Bonchev–Trinajstić information content (AvgIpc) is 2.20. The molecule has 0 aliphatic carbocycles. The molecule has 82 valence electrons. The van der Waals surface area contributed by atoms with Crippen molar-refractivity contribution in [3.05, 3.63) is 29.8 Å². The highest BCUT2D eigenvalue weighted by Crippen LogP contribution is 2.20. The summed E-state index contributed by atoms with van der Waals surface area (Å²) in [7, 11) is 0. The molecule has 0 saturated carbocycles. The Morgan fingerprint density at radius 3 is 2.73 bits per heavy atom. The van der Waals surface area contributed by atoms with Crippen LogP contribution in [0.15, 0.2) is 24.3 Å². The molecular formula is C12H16O3. The molecule has 0 heterocycles. The van der Waals surface area contributed by atoms with E-state index in [-0.39, 0.29) is 12.5 Å². The first-order valence-corrected chi connectivity index (χ1v) is 5.09. The summed E-state index contributed by atoms with van der Waals surface area (Å²) in [5.74, 6) is -0.163. The molecule has 0 aliphatic rings. The maximum absolute atomic E-state index is 10.6. The molecule has 0 spiro atoms. The van der Waals surface area contributed by atoms with Gasteiger partial charge in [0, 0.05) is 5.56 Å². The van der Waals surface area contributed by atoms with Crippen molar-refractivity contribution in [2.24, 2.45) is 0 Å². The Morgan fingerprint density at radius 2 is 2.13 bits per heavy atom. The predicted octanol–water partition coefficient (Wildman–Crippen LogP) is 2.49. The SMILES string of the molecule is CC[C@@H](C)Oc1ccccc1CC(=O)O. The monoisotopic (exact) mass is 208 g/mol. The van der Waals surface area contributed by atoms with Crippen LogP contribution < -0.4 is 4.74 Å². The zero-order valence-corrected chi connectivity index (χ0v) is 9.06. The van der Waals surface area contributed by atoms with Gasteiger partial charge in [-0.1, -0.05) is 25.1 Å². The Hall–Kier alpha value is -1.51. The molecule has 1 atom stereocenters. The normalized spacial score (nSPS) is 12.1. The molecule has 1 aromatic carbocycles. The lowest BCUT2D eigenvalue weighted by atomic mass is 10.1. The van der Waals surface area contributed by atoms with Crippen molar-refractivity contribution >= 4 is 5.97 Å². The van der Waals surface area contributed by atoms with Gasteiger partial charge in [-0.2, -0.15) is 0 Å². The molecule has 0 amide bonds. The number of carboxylic acid groups (broad SMARTS) is 1. The van der Waals surface area contributed by atoms with Crippen molar-refractivity contribution < 1.29 is 14.6 Å². The van der Waals surface area contributed by atoms with Gasteiger partial charge in [-0.15, -0.1) is 0 Å². The van der Waals surface area contributed by atoms with Gasteiger partial charge < -0.3 is 9.84 Å². The van der Waals surface area contributed by atoms with Crippen LogP contribution in [0, 0.1) is 0 Å². The molecule has 0 bridgehead atoms. The topological polar surface area (TPSA) is 46.5 Å². The number of hydrogen-bond donors (Lipinski definition) is 1. The highest BCUT2D eigenvalue weighted by molar-refractivity contribution is 5.71. The van der Waals surface area contributed by atoms with Gasteiger partial charge in [0.1, 0.15) is 5.75 Å². The van der Waals surface area contributed by atoms with E-state index in [2.05, 4.69) is 0 Å². The standard InChI is InChI=1S/C12H16O3/c1-3-9(2)15-11-7-5-4-6-10(11)8-12(13)14/h4-7,9H,3,8H2,1-2H3,(H,13,14)/t9-/m1/s1. The minimum atomic E-state index is -0.838. The lowest BCUT2D eigenvalue weighted by molar-refractivity contribution is -0.136. The molecule has 0 aliphatic heterocycles. The Morgan fingerprint density at radius 1 is 1.47 bits per heavy atom. The number of ether oxygens (including phenoxy) is 1. The highest BCUT2D eigenvalue weighted by atomic mass is 16.5. The minimum Gasteiger partial charge on any atom is -0.490 e. The number of carbonyl (C=O) groups is 1. The third-order valence-electron chi connectivity index (χ3n) is 2.22. The molecule has 0 fully saturated rings. The fourth-order valence-electron chi connectivity index (χ4n) is 1.23. The zero-order chi connectivity index (χ0) is 11.3. The molecule has 1 N–H and O–H groups in total. The van der Waals surface area contributed by atoms with Gasteiger partial charge in [0.25, 0.3) is 0 Å². The van der Waals surface area contributed by atoms with E-state index in [1.165, 1.54) is 0 Å². The van der Waals surface area contributed by atoms with E-state index in [4.69, 9.17) is 9.84 Å². The Bertz CT molecular complexity index is 333. The fourth-order valence-corrected chi connectivity index (χ4v) is 1.23. The summed E-state index contributed by atoms with van der Waals surface area (Å²) >= 11 is 0. The molecule has 1 rings (SSSR count). The van der Waals surface area contributed by atoms with Crippen LogP contribution in [-0.2, 0) is 11.2 Å². The average molecular weight is 208 g/mol. The summed E-state index contributed by atoms with van der Waals surface area (Å²) in [6, 6.07) is 7.26. The van der Waals surface area contributed by atoms with Crippen molar-refractivity contribution in [2.75, 3.05) is 0 Å². The zero-order valence-electron chi connectivity index (χ0n) is 9.06. The van der Waals surface area contributed by atoms with Crippen LogP contribution in [0.25, 0.3) is 0 Å². The summed E-state index contributed by atoms with van der Waals surface area (Å²) < 4.78 is 5.63. The van der Waals surface area contributed by atoms with E-state index in [9.17, 15) is 4.79 Å². The molecule has 15 heavy (non-hydrogen) atoms. The summed E-state index contributed by atoms with van der Waals surface area (Å²) in [4.78, 5) is 10.6. The first kappa shape index (κ1) is 11.6. The third kappa shape index (κ3) is 3.62. The summed E-state index contributed by atoms with van der Waals surface area (Å²) in [5.41, 5.74) is 0.727. The quantitative estimate of drug-likeness (QED) is 0.808. The van der Waals surface area contributed by atoms with Crippen LogP contribution in [0.4, 0.5) is 0 Å². The van der Waals surface area contributed by atoms with E-state index in [0.717, 1.165) is 12.0 Å². The predicted molar refractivity (Wildman–Crippen MR) is 58.2 cm³/mol. The van der Waals surface area contributed by atoms with Gasteiger partial charge in [0.05, 0.1) is 12.5 Å². The van der Waals surface area contributed by atoms with Crippen LogP contribution in [0.1, 0.15) is 25.8 Å². The van der Waals surface area contributed by atoms with Crippen LogP contribution in [-0.4, -0.2) is 17.2 Å². The second kappa shape index (κ2) is 5.39. The molecule has 0 saturated heterocycles. The maximum atomic E-state index is 10.6. The molecule has 0 unspecified atom stereocenters. The van der Waals surface area contributed by atoms with Gasteiger partial charge in [-0.05, 0) is 19.4 Å². The first-order valence-electron chi connectivity index (χ1n) is 5.09. The second-order valence-electron chi connectivity index (χ2n) is 3.51. The van der Waals surface area contributed by atoms with Crippen molar-refractivity contribution in [1.29, 1.82) is 0 Å². The Kier molecular flexibility index (Phi) is 4.16. The van der Waals surface area contributed by atoms with Gasteiger partial charge in [0.15, 0.2) is 0 Å². The Balaban J connectivity index is 2.81. The number of aliphatic carboxylic acids is 1. The summed E-state index contributed by atoms with van der Waals surface area (Å²) in [5, 5.41) is 8.73. The summed E-state index contributed by atoms with van der Waals surface area (Å²) in [6.45, 7) is 4.00. The molecule has 1 aromatic rings. The van der Waals surface area contributed by atoms with Gasteiger partial charge in [0.2, 0.25) is 0 Å². The fraction of sp³-hybridized carbons (Fsp3) is 0.417. The first-order chi connectivity index (χ1) is 7.13. The van der Waals surface area contributed by atoms with Gasteiger partial charge >= 0.3 is 5.97 Å². The molecule has 0 radical (unpaired) electrons. The maximum Gasteiger partial charge on any atom is 0.307 e. The number of rotatable bonds is 5. The van der Waals surface area contributed by atoms with E-state index in [1.54, 1.807) is 6.07 Å². The smallest absolute Gasteiger partial charge is 0.307 e.